The molecule has 4 nitrogen and oxygen atoms in total. The number of carbonyl (C=O) groups is 1. The summed E-state index contributed by atoms with van der Waals surface area (Å²) in [7, 11) is 0. The van der Waals surface area contributed by atoms with Crippen molar-refractivity contribution in [2.24, 2.45) is 11.7 Å². The third kappa shape index (κ3) is 2.86. The van der Waals surface area contributed by atoms with Crippen LogP contribution in [0.3, 0.4) is 0 Å². The maximum Gasteiger partial charge on any atom is 0.237 e. The number of carbonyl (C=O) groups excluding carboxylic acids is 1. The maximum atomic E-state index is 12.0. The van der Waals surface area contributed by atoms with E-state index in [2.05, 4.69) is 17.1 Å². The van der Waals surface area contributed by atoms with E-state index in [0.717, 1.165) is 25.2 Å². The van der Waals surface area contributed by atoms with E-state index >= 15 is 0 Å². The molecule has 1 saturated heterocycles. The molecular formula is C16H29N3O. The summed E-state index contributed by atoms with van der Waals surface area (Å²) < 4.78 is 0. The van der Waals surface area contributed by atoms with Gasteiger partial charge in [-0.25, -0.2) is 0 Å². The molecule has 3 N–H and O–H groups in total. The molecule has 0 aromatic heterocycles. The zero-order valence-electron chi connectivity index (χ0n) is 12.7. The number of primary amides is 1. The number of nitrogens with two attached hydrogens (primary N) is 1. The van der Waals surface area contributed by atoms with Gasteiger partial charge in [-0.05, 0) is 57.4 Å². The van der Waals surface area contributed by atoms with Gasteiger partial charge in [0.15, 0.2) is 0 Å². The van der Waals surface area contributed by atoms with Crippen molar-refractivity contribution in [3.05, 3.63) is 0 Å². The van der Waals surface area contributed by atoms with Gasteiger partial charge in [0.1, 0.15) is 0 Å². The second-order valence-corrected chi connectivity index (χ2v) is 7.17. The fraction of sp³-hybridized carbons (Fsp3) is 0.938. The van der Waals surface area contributed by atoms with Crippen molar-refractivity contribution in [2.75, 3.05) is 13.1 Å². The second kappa shape index (κ2) is 5.64. The molecule has 0 aromatic rings. The lowest BCUT2D eigenvalue weighted by Crippen LogP contribution is -2.55. The predicted octanol–water partition coefficient (Wildman–Crippen LogP) is 1.64. The summed E-state index contributed by atoms with van der Waals surface area (Å²) >= 11 is 0. The van der Waals surface area contributed by atoms with E-state index in [-0.39, 0.29) is 5.91 Å². The summed E-state index contributed by atoms with van der Waals surface area (Å²) in [6, 6.07) is 1.11. The molecule has 3 fully saturated rings. The normalized spacial score (nSPS) is 39.0. The molecule has 2 aliphatic carbocycles. The lowest BCUT2D eigenvalue weighted by Gasteiger charge is -2.37. The standard InChI is InChI=1S/C16H29N3O/c1-2-12-4-3-9-19(11-12)14-7-8-16(10-14,15(17)20)18-13-5-6-13/h12-14,18H,2-11H2,1H3,(H2,17,20). The highest BCUT2D eigenvalue weighted by Crippen LogP contribution is 2.37. The largest absolute Gasteiger partial charge is 0.368 e. The number of likely N-dealkylation sites (tertiary alicyclic amines) is 1. The van der Waals surface area contributed by atoms with Gasteiger partial charge < -0.3 is 16.0 Å². The van der Waals surface area contributed by atoms with E-state index in [1.165, 1.54) is 45.2 Å². The number of rotatable bonds is 5. The summed E-state index contributed by atoms with van der Waals surface area (Å²) in [6.45, 7) is 4.73. The molecule has 1 aliphatic heterocycles. The van der Waals surface area contributed by atoms with E-state index in [1.54, 1.807) is 0 Å². The number of nitrogens with one attached hydrogen (secondary N) is 1. The van der Waals surface area contributed by atoms with E-state index in [1.807, 2.05) is 0 Å². The van der Waals surface area contributed by atoms with E-state index < -0.39 is 5.54 Å². The Hall–Kier alpha value is -0.610. The average molecular weight is 279 g/mol. The highest BCUT2D eigenvalue weighted by atomic mass is 16.1. The smallest absolute Gasteiger partial charge is 0.237 e. The first kappa shape index (κ1) is 14.3. The minimum Gasteiger partial charge on any atom is -0.368 e. The van der Waals surface area contributed by atoms with Gasteiger partial charge in [-0.15, -0.1) is 0 Å². The first-order valence-corrected chi connectivity index (χ1v) is 8.44. The van der Waals surface area contributed by atoms with Crippen molar-refractivity contribution < 1.29 is 4.79 Å². The molecular weight excluding hydrogens is 250 g/mol. The number of nitrogens with zero attached hydrogens (tertiary/aromatic N) is 1. The van der Waals surface area contributed by atoms with Crippen LogP contribution >= 0.6 is 0 Å². The van der Waals surface area contributed by atoms with Crippen LogP contribution in [0.15, 0.2) is 0 Å². The molecule has 4 heteroatoms. The molecule has 3 rings (SSSR count). The van der Waals surface area contributed by atoms with Gasteiger partial charge in [-0.3, -0.25) is 4.79 Å². The van der Waals surface area contributed by atoms with E-state index in [4.69, 9.17) is 5.73 Å². The van der Waals surface area contributed by atoms with Crippen LogP contribution in [0.25, 0.3) is 0 Å². The second-order valence-electron chi connectivity index (χ2n) is 7.17. The topological polar surface area (TPSA) is 58.4 Å². The van der Waals surface area contributed by atoms with E-state index in [9.17, 15) is 4.79 Å². The Morgan fingerprint density at radius 2 is 2.15 bits per heavy atom. The van der Waals surface area contributed by atoms with Crippen molar-refractivity contribution in [1.82, 2.24) is 10.2 Å². The molecule has 3 unspecified atom stereocenters. The summed E-state index contributed by atoms with van der Waals surface area (Å²) in [4.78, 5) is 14.6. The fourth-order valence-electron chi connectivity index (χ4n) is 4.14. The molecule has 1 amide bonds. The maximum absolute atomic E-state index is 12.0. The van der Waals surface area contributed by atoms with Gasteiger partial charge >= 0.3 is 0 Å². The molecule has 0 spiro atoms. The Kier molecular flexibility index (Phi) is 4.04. The highest BCUT2D eigenvalue weighted by Gasteiger charge is 2.48. The van der Waals surface area contributed by atoms with Crippen molar-refractivity contribution in [1.29, 1.82) is 0 Å². The summed E-state index contributed by atoms with van der Waals surface area (Å²) in [6.07, 6.45) is 9.37. The lowest BCUT2D eigenvalue weighted by atomic mass is 9.92. The van der Waals surface area contributed by atoms with Crippen LogP contribution in [0.5, 0.6) is 0 Å². The van der Waals surface area contributed by atoms with Crippen molar-refractivity contribution in [3.8, 4) is 0 Å². The molecule has 2 saturated carbocycles. The number of hydrogen-bond acceptors (Lipinski definition) is 3. The molecule has 3 aliphatic rings. The zero-order valence-corrected chi connectivity index (χ0v) is 12.7. The third-order valence-electron chi connectivity index (χ3n) is 5.66. The van der Waals surface area contributed by atoms with Crippen molar-refractivity contribution in [3.63, 3.8) is 0 Å². The Labute approximate surface area is 122 Å². The minimum atomic E-state index is -0.412. The number of hydrogen-bond donors (Lipinski definition) is 2. The monoisotopic (exact) mass is 279 g/mol. The Morgan fingerprint density at radius 1 is 1.35 bits per heavy atom. The Balaban J connectivity index is 1.63. The minimum absolute atomic E-state index is 0.129. The Morgan fingerprint density at radius 3 is 2.80 bits per heavy atom. The molecule has 3 atom stereocenters. The zero-order chi connectivity index (χ0) is 14.2. The first-order chi connectivity index (χ1) is 9.63. The van der Waals surface area contributed by atoms with E-state index in [0.29, 0.717) is 12.1 Å². The highest BCUT2D eigenvalue weighted by molar-refractivity contribution is 5.85. The molecule has 114 valence electrons. The third-order valence-corrected chi connectivity index (χ3v) is 5.66. The lowest BCUT2D eigenvalue weighted by molar-refractivity contribution is -0.124. The number of amides is 1. The molecule has 0 bridgehead atoms. The van der Waals surface area contributed by atoms with Gasteiger partial charge in [0.05, 0.1) is 5.54 Å². The van der Waals surface area contributed by atoms with Gasteiger partial charge in [0.2, 0.25) is 5.91 Å². The summed E-state index contributed by atoms with van der Waals surface area (Å²) in [5.74, 6) is 0.722. The fourth-order valence-corrected chi connectivity index (χ4v) is 4.14. The first-order valence-electron chi connectivity index (χ1n) is 8.44. The molecule has 1 heterocycles. The number of piperidine rings is 1. The van der Waals surface area contributed by atoms with Gasteiger partial charge in [-0.2, -0.15) is 0 Å². The summed E-state index contributed by atoms with van der Waals surface area (Å²) in [5, 5.41) is 3.56. The molecule has 0 aromatic carbocycles. The van der Waals surface area contributed by atoms with Crippen LogP contribution in [0.2, 0.25) is 0 Å². The van der Waals surface area contributed by atoms with Crippen molar-refractivity contribution in [2.45, 2.75) is 75.9 Å². The van der Waals surface area contributed by atoms with Crippen LogP contribution in [0.1, 0.15) is 58.3 Å². The molecule has 0 radical (unpaired) electrons. The Bertz CT molecular complexity index is 369. The van der Waals surface area contributed by atoms with Crippen molar-refractivity contribution >= 4 is 5.91 Å². The van der Waals surface area contributed by atoms with Gasteiger partial charge in [0.25, 0.3) is 0 Å². The van der Waals surface area contributed by atoms with Crippen LogP contribution in [0, 0.1) is 5.92 Å². The van der Waals surface area contributed by atoms with Crippen LogP contribution in [-0.2, 0) is 4.79 Å². The van der Waals surface area contributed by atoms with Crippen LogP contribution < -0.4 is 11.1 Å². The SMILES string of the molecule is CCC1CCCN(C2CCC(NC3CC3)(C(N)=O)C2)C1. The quantitative estimate of drug-likeness (QED) is 0.804. The van der Waals surface area contributed by atoms with Crippen LogP contribution in [-0.4, -0.2) is 41.5 Å². The molecule has 20 heavy (non-hydrogen) atoms. The van der Waals surface area contributed by atoms with Gasteiger partial charge in [0, 0.05) is 18.6 Å². The average Bonchev–Trinajstić information content (AvgIpc) is 3.15. The predicted molar refractivity (Wildman–Crippen MR) is 80.3 cm³/mol. The van der Waals surface area contributed by atoms with Crippen LogP contribution in [0.4, 0.5) is 0 Å². The van der Waals surface area contributed by atoms with Gasteiger partial charge in [-0.1, -0.05) is 13.3 Å². The summed E-state index contributed by atoms with van der Waals surface area (Å²) in [5.41, 5.74) is 5.32.